The Morgan fingerprint density at radius 1 is 1.60 bits per heavy atom. The summed E-state index contributed by atoms with van der Waals surface area (Å²) in [6, 6.07) is 0. The van der Waals surface area contributed by atoms with Crippen molar-refractivity contribution in [2.24, 2.45) is 0 Å². The van der Waals surface area contributed by atoms with Crippen molar-refractivity contribution >= 4 is 16.7 Å². The zero-order valence-corrected chi connectivity index (χ0v) is 6.61. The van der Waals surface area contributed by atoms with Gasteiger partial charge in [0.25, 0.3) is 0 Å². The van der Waals surface area contributed by atoms with E-state index in [2.05, 4.69) is 20.0 Å². The quantitative estimate of drug-likeness (QED) is 0.613. The molecule has 4 nitrogen and oxygen atoms in total. The number of nitrogens with zero attached hydrogens (tertiary/aromatic N) is 2. The predicted molar refractivity (Wildman–Crippen MR) is 42.3 cm³/mol. The largest absolute Gasteiger partial charge is 0.359 e. The molecule has 1 aromatic heterocycles. The van der Waals surface area contributed by atoms with Crippen molar-refractivity contribution in [3.63, 3.8) is 0 Å². The SMILES string of the molecule is CNCCNc1ncns1. The van der Waals surface area contributed by atoms with Crippen molar-refractivity contribution in [3.8, 4) is 0 Å². The second-order valence-corrected chi connectivity index (χ2v) is 2.56. The highest BCUT2D eigenvalue weighted by Gasteiger charge is 1.91. The van der Waals surface area contributed by atoms with Crippen LogP contribution in [0.1, 0.15) is 0 Å². The van der Waals surface area contributed by atoms with Crippen LogP contribution >= 0.6 is 11.5 Å². The first-order chi connectivity index (χ1) is 4.93. The number of hydrogen-bond acceptors (Lipinski definition) is 5. The zero-order chi connectivity index (χ0) is 7.23. The molecule has 0 saturated carbocycles. The van der Waals surface area contributed by atoms with Gasteiger partial charge in [-0.2, -0.15) is 4.37 Å². The Morgan fingerprint density at radius 3 is 3.10 bits per heavy atom. The van der Waals surface area contributed by atoms with Crippen LogP contribution in [0.5, 0.6) is 0 Å². The number of nitrogens with one attached hydrogen (secondary N) is 2. The normalized spacial score (nSPS) is 9.70. The number of likely N-dealkylation sites (N-methyl/N-ethyl adjacent to an activating group) is 1. The van der Waals surface area contributed by atoms with Gasteiger partial charge in [0.15, 0.2) is 0 Å². The number of anilines is 1. The van der Waals surface area contributed by atoms with Crippen molar-refractivity contribution < 1.29 is 0 Å². The molecule has 0 radical (unpaired) electrons. The molecule has 0 amide bonds. The lowest BCUT2D eigenvalue weighted by Crippen LogP contribution is -2.17. The maximum Gasteiger partial charge on any atom is 0.202 e. The first kappa shape index (κ1) is 7.43. The molecular formula is C5H10N4S. The molecule has 0 atom stereocenters. The second-order valence-electron chi connectivity index (χ2n) is 1.78. The van der Waals surface area contributed by atoms with E-state index in [-0.39, 0.29) is 0 Å². The van der Waals surface area contributed by atoms with Gasteiger partial charge in [-0.15, -0.1) is 0 Å². The first-order valence-electron chi connectivity index (χ1n) is 3.08. The molecule has 10 heavy (non-hydrogen) atoms. The minimum atomic E-state index is 0.884. The monoisotopic (exact) mass is 158 g/mol. The van der Waals surface area contributed by atoms with Gasteiger partial charge in [-0.05, 0) is 7.05 Å². The van der Waals surface area contributed by atoms with Crippen molar-refractivity contribution in [2.45, 2.75) is 0 Å². The van der Waals surface area contributed by atoms with Crippen LogP contribution in [-0.4, -0.2) is 29.5 Å². The number of aromatic nitrogens is 2. The summed E-state index contributed by atoms with van der Waals surface area (Å²) in [5.74, 6) is 0. The average Bonchev–Trinajstić information content (AvgIpc) is 2.41. The molecule has 0 saturated heterocycles. The topological polar surface area (TPSA) is 49.8 Å². The summed E-state index contributed by atoms with van der Waals surface area (Å²) >= 11 is 1.37. The maximum absolute atomic E-state index is 3.96. The fourth-order valence-corrected chi connectivity index (χ4v) is 1.00. The fraction of sp³-hybridized carbons (Fsp3) is 0.600. The number of rotatable bonds is 4. The third kappa shape index (κ3) is 2.28. The van der Waals surface area contributed by atoms with Gasteiger partial charge in [0.05, 0.1) is 0 Å². The van der Waals surface area contributed by atoms with Crippen LogP contribution < -0.4 is 10.6 Å². The van der Waals surface area contributed by atoms with Crippen LogP contribution in [0.4, 0.5) is 5.13 Å². The lowest BCUT2D eigenvalue weighted by molar-refractivity contribution is 0.823. The van der Waals surface area contributed by atoms with E-state index >= 15 is 0 Å². The average molecular weight is 158 g/mol. The first-order valence-corrected chi connectivity index (χ1v) is 3.86. The fourth-order valence-electron chi connectivity index (χ4n) is 0.545. The highest BCUT2D eigenvalue weighted by molar-refractivity contribution is 7.09. The van der Waals surface area contributed by atoms with Gasteiger partial charge in [0, 0.05) is 24.6 Å². The van der Waals surface area contributed by atoms with Crippen LogP contribution in [0.15, 0.2) is 6.33 Å². The van der Waals surface area contributed by atoms with Crippen molar-refractivity contribution in [1.82, 2.24) is 14.7 Å². The lowest BCUT2D eigenvalue weighted by atomic mass is 10.6. The van der Waals surface area contributed by atoms with E-state index in [0.29, 0.717) is 0 Å². The van der Waals surface area contributed by atoms with Crippen LogP contribution in [0.25, 0.3) is 0 Å². The van der Waals surface area contributed by atoms with Crippen molar-refractivity contribution in [2.75, 3.05) is 25.5 Å². The molecule has 1 rings (SSSR count). The highest BCUT2D eigenvalue weighted by Crippen LogP contribution is 2.04. The Balaban J connectivity index is 2.15. The molecule has 0 unspecified atom stereocenters. The van der Waals surface area contributed by atoms with Crippen LogP contribution in [-0.2, 0) is 0 Å². The Bertz CT molecular complexity index is 162. The summed E-state index contributed by atoms with van der Waals surface area (Å²) in [6.45, 7) is 1.84. The molecule has 0 aliphatic carbocycles. The molecule has 56 valence electrons. The van der Waals surface area contributed by atoms with Crippen molar-refractivity contribution in [1.29, 1.82) is 0 Å². The predicted octanol–water partition coefficient (Wildman–Crippen LogP) is 0.169. The zero-order valence-electron chi connectivity index (χ0n) is 5.79. The van der Waals surface area contributed by atoms with Gasteiger partial charge >= 0.3 is 0 Å². The van der Waals surface area contributed by atoms with Gasteiger partial charge in [0.2, 0.25) is 5.13 Å². The van der Waals surface area contributed by atoms with Gasteiger partial charge in [-0.1, -0.05) is 0 Å². The van der Waals surface area contributed by atoms with Crippen LogP contribution in [0, 0.1) is 0 Å². The smallest absolute Gasteiger partial charge is 0.202 e. The molecular weight excluding hydrogens is 148 g/mol. The molecule has 0 fully saturated rings. The Hall–Kier alpha value is -0.680. The van der Waals surface area contributed by atoms with E-state index in [1.807, 2.05) is 7.05 Å². The maximum atomic E-state index is 3.96. The van der Waals surface area contributed by atoms with E-state index in [1.165, 1.54) is 11.5 Å². The van der Waals surface area contributed by atoms with Crippen LogP contribution in [0.3, 0.4) is 0 Å². The third-order valence-corrected chi connectivity index (χ3v) is 1.63. The molecule has 5 heteroatoms. The number of hydrogen-bond donors (Lipinski definition) is 2. The Kier molecular flexibility index (Phi) is 3.11. The molecule has 0 aromatic carbocycles. The summed E-state index contributed by atoms with van der Waals surface area (Å²) in [4.78, 5) is 3.96. The van der Waals surface area contributed by atoms with E-state index in [9.17, 15) is 0 Å². The van der Waals surface area contributed by atoms with Gasteiger partial charge in [-0.25, -0.2) is 4.98 Å². The summed E-state index contributed by atoms with van der Waals surface area (Å²) in [6.07, 6.45) is 1.55. The second kappa shape index (κ2) is 4.19. The minimum Gasteiger partial charge on any atom is -0.359 e. The lowest BCUT2D eigenvalue weighted by Gasteiger charge is -1.98. The van der Waals surface area contributed by atoms with E-state index < -0.39 is 0 Å². The molecule has 2 N–H and O–H groups in total. The minimum absolute atomic E-state index is 0.884. The van der Waals surface area contributed by atoms with Crippen molar-refractivity contribution in [3.05, 3.63) is 6.33 Å². The highest BCUT2D eigenvalue weighted by atomic mass is 32.1. The standard InChI is InChI=1S/C5H10N4S/c1-6-2-3-7-5-8-4-9-10-5/h4,6H,2-3H2,1H3,(H,7,8,9). The van der Waals surface area contributed by atoms with Crippen LogP contribution in [0.2, 0.25) is 0 Å². The van der Waals surface area contributed by atoms with E-state index in [4.69, 9.17) is 0 Å². The molecule has 0 bridgehead atoms. The summed E-state index contributed by atoms with van der Waals surface area (Å²) in [7, 11) is 1.92. The Labute approximate surface area is 63.8 Å². The Morgan fingerprint density at radius 2 is 2.50 bits per heavy atom. The van der Waals surface area contributed by atoms with Gasteiger partial charge in [-0.3, -0.25) is 0 Å². The molecule has 0 spiro atoms. The van der Waals surface area contributed by atoms with Gasteiger partial charge in [0.1, 0.15) is 6.33 Å². The molecule has 1 aromatic rings. The summed E-state index contributed by atoms with van der Waals surface area (Å²) < 4.78 is 3.85. The summed E-state index contributed by atoms with van der Waals surface area (Å²) in [5, 5.41) is 7.02. The summed E-state index contributed by atoms with van der Waals surface area (Å²) in [5.41, 5.74) is 0. The molecule has 0 aliphatic rings. The van der Waals surface area contributed by atoms with E-state index in [0.717, 1.165) is 18.2 Å². The molecule has 1 heterocycles. The van der Waals surface area contributed by atoms with Gasteiger partial charge < -0.3 is 10.6 Å². The third-order valence-electron chi connectivity index (χ3n) is 1.01. The van der Waals surface area contributed by atoms with E-state index in [1.54, 1.807) is 6.33 Å². The molecule has 0 aliphatic heterocycles.